The number of rotatable bonds is 8. The molecule has 42 heavy (non-hydrogen) atoms. The van der Waals surface area contributed by atoms with Crippen molar-refractivity contribution in [1.82, 2.24) is 15.5 Å². The van der Waals surface area contributed by atoms with Crippen molar-refractivity contribution in [3.63, 3.8) is 0 Å². The van der Waals surface area contributed by atoms with E-state index in [1.165, 1.54) is 6.07 Å². The van der Waals surface area contributed by atoms with Gasteiger partial charge in [-0.3, -0.25) is 14.5 Å². The van der Waals surface area contributed by atoms with Gasteiger partial charge in [0.05, 0.1) is 23.3 Å². The maximum Gasteiger partial charge on any atom is 0.494 e. The minimum Gasteiger partial charge on any atom is -0.399 e. The second-order valence-corrected chi connectivity index (χ2v) is 13.0. The lowest BCUT2D eigenvalue weighted by Crippen LogP contribution is -2.45. The standard InChI is InChI=1S/C32H43BFN3O5/c1-30(2)31(3,4)42-33(41-30)25-10-8-24(9-11-25)32(40)15-12-27(13-16-32)37-17-14-26(21-37)36-28(38)20-35-29(39)23-7-5-6-22(18-23)19-34/h5-11,18,26-27,40H,12-17,19-21H2,1-4H3,(H,35,39)(H,36,38)/t26-,27?,32?/m1/s1. The molecule has 0 bridgehead atoms. The summed E-state index contributed by atoms with van der Waals surface area (Å²) in [6.07, 6.45) is 3.96. The number of halogens is 1. The summed E-state index contributed by atoms with van der Waals surface area (Å²) in [5.41, 5.74) is 0.978. The Morgan fingerprint density at radius 2 is 1.69 bits per heavy atom. The van der Waals surface area contributed by atoms with Gasteiger partial charge >= 0.3 is 7.12 Å². The number of alkyl halides is 1. The Balaban J connectivity index is 1.07. The van der Waals surface area contributed by atoms with Crippen LogP contribution in [-0.4, -0.2) is 71.9 Å². The van der Waals surface area contributed by atoms with Gasteiger partial charge in [-0.15, -0.1) is 0 Å². The topological polar surface area (TPSA) is 100 Å². The SMILES string of the molecule is CC1(C)OB(c2ccc(C3(O)CCC(N4CC[C@@H](NC(=O)CNC(=O)c5cccc(CF)c5)C4)CC3)cc2)OC1(C)C. The number of nitrogens with zero attached hydrogens (tertiary/aromatic N) is 1. The number of benzene rings is 2. The van der Waals surface area contributed by atoms with Crippen molar-refractivity contribution >= 4 is 24.4 Å². The van der Waals surface area contributed by atoms with Crippen LogP contribution in [0.15, 0.2) is 48.5 Å². The summed E-state index contributed by atoms with van der Waals surface area (Å²) in [4.78, 5) is 27.2. The first-order valence-corrected chi connectivity index (χ1v) is 15.0. The summed E-state index contributed by atoms with van der Waals surface area (Å²) in [7, 11) is -0.422. The molecular weight excluding hydrogens is 536 g/mol. The van der Waals surface area contributed by atoms with Crippen molar-refractivity contribution in [2.24, 2.45) is 0 Å². The highest BCUT2D eigenvalue weighted by atomic mass is 19.1. The maximum atomic E-state index is 12.9. The molecule has 1 atom stereocenters. The monoisotopic (exact) mass is 579 g/mol. The molecule has 3 N–H and O–H groups in total. The maximum absolute atomic E-state index is 12.9. The zero-order valence-corrected chi connectivity index (χ0v) is 25.1. The average molecular weight is 580 g/mol. The molecule has 3 fully saturated rings. The van der Waals surface area contributed by atoms with Crippen LogP contribution in [0.25, 0.3) is 0 Å². The summed E-state index contributed by atoms with van der Waals surface area (Å²) in [5, 5.41) is 17.2. The van der Waals surface area contributed by atoms with E-state index in [1.807, 2.05) is 52.0 Å². The van der Waals surface area contributed by atoms with E-state index in [1.54, 1.807) is 18.2 Å². The Labute approximate surface area is 248 Å². The van der Waals surface area contributed by atoms with E-state index in [4.69, 9.17) is 9.31 Å². The molecule has 3 aliphatic rings. The average Bonchev–Trinajstić information content (AvgIpc) is 3.52. The molecule has 1 saturated carbocycles. The second kappa shape index (κ2) is 12.1. The Bertz CT molecular complexity index is 1260. The molecule has 8 nitrogen and oxygen atoms in total. The molecule has 2 heterocycles. The third-order valence-electron chi connectivity index (χ3n) is 9.61. The Morgan fingerprint density at radius 1 is 1.02 bits per heavy atom. The lowest BCUT2D eigenvalue weighted by molar-refractivity contribution is -0.120. The number of amides is 2. The van der Waals surface area contributed by atoms with Gasteiger partial charge in [0.1, 0.15) is 6.67 Å². The van der Waals surface area contributed by atoms with E-state index in [0.717, 1.165) is 43.4 Å². The Morgan fingerprint density at radius 3 is 2.33 bits per heavy atom. The van der Waals surface area contributed by atoms with Gasteiger partial charge in [-0.1, -0.05) is 36.4 Å². The van der Waals surface area contributed by atoms with Crippen LogP contribution >= 0.6 is 0 Å². The van der Waals surface area contributed by atoms with Crippen molar-refractivity contribution in [2.75, 3.05) is 19.6 Å². The van der Waals surface area contributed by atoms with Gasteiger partial charge in [-0.05, 0) is 88.5 Å². The molecule has 1 aliphatic carbocycles. The second-order valence-electron chi connectivity index (χ2n) is 13.0. The number of nitrogens with one attached hydrogen (secondary N) is 2. The van der Waals surface area contributed by atoms with E-state index < -0.39 is 36.5 Å². The number of likely N-dealkylation sites (tertiary alicyclic amines) is 1. The zero-order chi connectivity index (χ0) is 30.1. The third kappa shape index (κ3) is 6.57. The summed E-state index contributed by atoms with van der Waals surface area (Å²) in [6, 6.07) is 14.7. The molecule has 0 aromatic heterocycles. The molecule has 5 rings (SSSR count). The minimum atomic E-state index is -0.861. The molecule has 0 radical (unpaired) electrons. The number of carbonyl (C=O) groups excluding carboxylic acids is 2. The van der Waals surface area contributed by atoms with E-state index in [-0.39, 0.29) is 18.5 Å². The lowest BCUT2D eigenvalue weighted by Gasteiger charge is -2.40. The van der Waals surface area contributed by atoms with Crippen molar-refractivity contribution < 1.29 is 28.4 Å². The number of hydrogen-bond acceptors (Lipinski definition) is 6. The third-order valence-corrected chi connectivity index (χ3v) is 9.61. The van der Waals surface area contributed by atoms with Gasteiger partial charge in [-0.25, -0.2) is 4.39 Å². The van der Waals surface area contributed by atoms with Crippen molar-refractivity contribution in [1.29, 1.82) is 0 Å². The lowest BCUT2D eigenvalue weighted by atomic mass is 9.74. The smallest absolute Gasteiger partial charge is 0.399 e. The molecule has 2 amide bonds. The van der Waals surface area contributed by atoms with Crippen LogP contribution in [0.1, 0.15) is 81.3 Å². The molecule has 10 heteroatoms. The van der Waals surface area contributed by atoms with Gasteiger partial charge < -0.3 is 25.0 Å². The highest BCUT2D eigenvalue weighted by molar-refractivity contribution is 6.62. The van der Waals surface area contributed by atoms with Crippen LogP contribution in [0.5, 0.6) is 0 Å². The highest BCUT2D eigenvalue weighted by Crippen LogP contribution is 2.40. The van der Waals surface area contributed by atoms with Crippen LogP contribution in [-0.2, 0) is 26.4 Å². The molecule has 2 aromatic rings. The largest absolute Gasteiger partial charge is 0.494 e. The van der Waals surface area contributed by atoms with E-state index >= 15 is 0 Å². The Hall–Kier alpha value is -2.79. The molecule has 226 valence electrons. The first-order chi connectivity index (χ1) is 19.9. The predicted molar refractivity (Wildman–Crippen MR) is 160 cm³/mol. The first-order valence-electron chi connectivity index (χ1n) is 15.0. The van der Waals surface area contributed by atoms with Gasteiger partial charge in [0.2, 0.25) is 5.91 Å². The Kier molecular flexibility index (Phi) is 8.81. The molecule has 2 saturated heterocycles. The van der Waals surface area contributed by atoms with Crippen LogP contribution in [0.2, 0.25) is 0 Å². The highest BCUT2D eigenvalue weighted by Gasteiger charge is 2.51. The zero-order valence-electron chi connectivity index (χ0n) is 25.1. The summed E-state index contributed by atoms with van der Waals surface area (Å²) in [5.74, 6) is -0.634. The first kappa shape index (κ1) is 30.7. The van der Waals surface area contributed by atoms with Crippen LogP contribution in [0, 0.1) is 0 Å². The quantitative estimate of drug-likeness (QED) is 0.416. The van der Waals surface area contributed by atoms with E-state index in [2.05, 4.69) is 15.5 Å². The fourth-order valence-electron chi connectivity index (χ4n) is 6.24. The van der Waals surface area contributed by atoms with Gasteiger partial charge in [-0.2, -0.15) is 0 Å². The van der Waals surface area contributed by atoms with Gasteiger partial charge in [0.25, 0.3) is 5.91 Å². The summed E-state index contributed by atoms with van der Waals surface area (Å²) in [6.45, 7) is 9.03. The fraction of sp³-hybridized carbons (Fsp3) is 0.562. The summed E-state index contributed by atoms with van der Waals surface area (Å²) >= 11 is 0. The normalized spacial score (nSPS) is 27.1. The minimum absolute atomic E-state index is 0.0209. The summed E-state index contributed by atoms with van der Waals surface area (Å²) < 4.78 is 25.2. The van der Waals surface area contributed by atoms with E-state index in [9.17, 15) is 19.1 Å². The van der Waals surface area contributed by atoms with Crippen LogP contribution in [0.3, 0.4) is 0 Å². The predicted octanol–water partition coefficient (Wildman–Crippen LogP) is 3.21. The molecule has 0 unspecified atom stereocenters. The van der Waals surface area contributed by atoms with Crippen molar-refractivity contribution in [2.45, 2.75) is 95.4 Å². The van der Waals surface area contributed by atoms with Gasteiger partial charge in [0.15, 0.2) is 0 Å². The van der Waals surface area contributed by atoms with Crippen molar-refractivity contribution in [3.8, 4) is 0 Å². The molecular formula is C32H43BFN3O5. The number of aliphatic hydroxyl groups is 1. The van der Waals surface area contributed by atoms with Crippen molar-refractivity contribution in [3.05, 3.63) is 65.2 Å². The van der Waals surface area contributed by atoms with Crippen LogP contribution < -0.4 is 16.1 Å². The molecule has 0 spiro atoms. The molecule has 2 aromatic carbocycles. The fourth-order valence-corrected chi connectivity index (χ4v) is 6.24. The van der Waals surface area contributed by atoms with E-state index in [0.29, 0.717) is 30.0 Å². The number of hydrogen-bond donors (Lipinski definition) is 3. The van der Waals surface area contributed by atoms with Crippen LogP contribution in [0.4, 0.5) is 4.39 Å². The number of carbonyl (C=O) groups is 2. The van der Waals surface area contributed by atoms with Gasteiger partial charge in [0, 0.05) is 30.7 Å². The molecule has 2 aliphatic heterocycles.